The molecule has 1 amide bonds. The van der Waals surface area contributed by atoms with Crippen LogP contribution in [0.2, 0.25) is 0 Å². The van der Waals surface area contributed by atoms with Crippen molar-refractivity contribution in [3.8, 4) is 0 Å². The molecule has 4 heteroatoms. The number of hydrogen-bond donors (Lipinski definition) is 2. The Hall–Kier alpha value is -1.06. The Kier molecular flexibility index (Phi) is 2.90. The second kappa shape index (κ2) is 3.77. The van der Waals surface area contributed by atoms with Crippen LogP contribution in [0.4, 0.5) is 0 Å². The number of carboxylic acid groups (broad SMARTS) is 1. The third kappa shape index (κ3) is 2.44. The van der Waals surface area contributed by atoms with Gasteiger partial charge in [0.1, 0.15) is 6.04 Å². The number of carbonyl (C=O) groups is 2. The minimum absolute atomic E-state index is 0.0387. The van der Waals surface area contributed by atoms with E-state index in [0.717, 1.165) is 12.8 Å². The molecule has 13 heavy (non-hydrogen) atoms. The van der Waals surface area contributed by atoms with Crippen molar-refractivity contribution in [3.63, 3.8) is 0 Å². The zero-order valence-electron chi connectivity index (χ0n) is 7.91. The number of carbonyl (C=O) groups excluding carboxylic acids is 1. The van der Waals surface area contributed by atoms with Gasteiger partial charge in [0.15, 0.2) is 0 Å². The number of hydrogen-bond acceptors (Lipinski definition) is 2. The third-order valence-electron chi connectivity index (χ3n) is 2.47. The summed E-state index contributed by atoms with van der Waals surface area (Å²) in [6.07, 6.45) is 1.77. The van der Waals surface area contributed by atoms with Crippen LogP contribution in [0.25, 0.3) is 0 Å². The first kappa shape index (κ1) is 10.0. The molecule has 0 heterocycles. The van der Waals surface area contributed by atoms with Crippen LogP contribution >= 0.6 is 0 Å². The first-order chi connectivity index (χ1) is 6.00. The van der Waals surface area contributed by atoms with Gasteiger partial charge in [-0.25, -0.2) is 0 Å². The molecule has 4 nitrogen and oxygen atoms in total. The summed E-state index contributed by atoms with van der Waals surface area (Å²) < 4.78 is 0. The molecule has 0 unspecified atom stereocenters. The van der Waals surface area contributed by atoms with E-state index in [1.165, 1.54) is 6.92 Å². The summed E-state index contributed by atoms with van der Waals surface area (Å²) in [6.45, 7) is 3.56. The Morgan fingerprint density at radius 3 is 2.38 bits per heavy atom. The normalized spacial score (nSPS) is 28.8. The van der Waals surface area contributed by atoms with Gasteiger partial charge in [-0.15, -0.1) is 0 Å². The van der Waals surface area contributed by atoms with Gasteiger partial charge >= 0.3 is 5.97 Å². The summed E-state index contributed by atoms with van der Waals surface area (Å²) >= 11 is 0. The van der Waals surface area contributed by atoms with Crippen LogP contribution in [-0.2, 0) is 9.59 Å². The smallest absolute Gasteiger partial charge is 0.325 e. The molecule has 1 atom stereocenters. The van der Waals surface area contributed by atoms with E-state index in [4.69, 9.17) is 5.11 Å². The fraction of sp³-hybridized carbons (Fsp3) is 0.778. The van der Waals surface area contributed by atoms with Crippen LogP contribution in [0.1, 0.15) is 26.7 Å². The molecular formula is C9H15NO3. The van der Waals surface area contributed by atoms with Crippen LogP contribution in [-0.4, -0.2) is 23.0 Å². The maximum absolute atomic E-state index is 11.3. The second-order valence-corrected chi connectivity index (χ2v) is 3.84. The van der Waals surface area contributed by atoms with E-state index in [-0.39, 0.29) is 11.8 Å². The summed E-state index contributed by atoms with van der Waals surface area (Å²) in [6, 6.07) is -0.775. The number of aliphatic carboxylic acids is 1. The fourth-order valence-corrected chi connectivity index (χ4v) is 1.51. The lowest BCUT2D eigenvalue weighted by atomic mass is 9.75. The van der Waals surface area contributed by atoms with Crippen LogP contribution in [0.5, 0.6) is 0 Å². The molecule has 2 N–H and O–H groups in total. The van der Waals surface area contributed by atoms with E-state index in [9.17, 15) is 9.59 Å². The monoisotopic (exact) mass is 185 g/mol. The highest BCUT2D eigenvalue weighted by Crippen LogP contribution is 2.32. The van der Waals surface area contributed by atoms with E-state index < -0.39 is 12.0 Å². The molecule has 1 rings (SSSR count). The minimum atomic E-state index is -0.985. The van der Waals surface area contributed by atoms with Crippen LogP contribution in [0, 0.1) is 11.8 Å². The molecule has 0 aliphatic heterocycles. The number of carboxylic acids is 1. The molecule has 0 aromatic rings. The molecule has 1 aliphatic rings. The zero-order valence-corrected chi connectivity index (χ0v) is 7.91. The predicted octanol–water partition coefficient (Wildman–Crippen LogP) is 0.622. The van der Waals surface area contributed by atoms with Gasteiger partial charge in [0.25, 0.3) is 0 Å². The summed E-state index contributed by atoms with van der Waals surface area (Å²) in [5.74, 6) is -0.457. The van der Waals surface area contributed by atoms with E-state index >= 15 is 0 Å². The maximum atomic E-state index is 11.3. The van der Waals surface area contributed by atoms with Crippen LogP contribution < -0.4 is 5.32 Å². The summed E-state index contributed by atoms with van der Waals surface area (Å²) in [5.41, 5.74) is 0. The Morgan fingerprint density at radius 1 is 1.46 bits per heavy atom. The lowest BCUT2D eigenvalue weighted by molar-refractivity contribution is -0.142. The highest BCUT2D eigenvalue weighted by atomic mass is 16.4. The largest absolute Gasteiger partial charge is 0.480 e. The molecule has 1 saturated carbocycles. The quantitative estimate of drug-likeness (QED) is 0.677. The summed E-state index contributed by atoms with van der Waals surface area (Å²) in [7, 11) is 0. The predicted molar refractivity (Wildman–Crippen MR) is 47.1 cm³/mol. The maximum Gasteiger partial charge on any atom is 0.325 e. The standard InChI is InChI=1S/C9H15NO3/c1-5-3-7(4-5)8(11)10-6(2)9(12)13/h5-7H,3-4H2,1-2H3,(H,10,11)(H,12,13)/t5?,6-,7?/m0/s1. The van der Waals surface area contributed by atoms with Gasteiger partial charge in [-0.3, -0.25) is 9.59 Å². The molecular weight excluding hydrogens is 170 g/mol. The molecule has 1 fully saturated rings. The molecule has 0 aromatic heterocycles. The van der Waals surface area contributed by atoms with Crippen molar-refractivity contribution in [2.24, 2.45) is 11.8 Å². The summed E-state index contributed by atoms with van der Waals surface area (Å²) in [5, 5.41) is 11.0. The van der Waals surface area contributed by atoms with E-state index in [1.807, 2.05) is 0 Å². The molecule has 0 spiro atoms. The molecule has 0 bridgehead atoms. The average Bonchev–Trinajstić information content (AvgIpc) is 1.98. The van der Waals surface area contributed by atoms with Gasteiger partial charge in [-0.05, 0) is 25.7 Å². The first-order valence-electron chi connectivity index (χ1n) is 4.54. The SMILES string of the molecule is CC1CC(C(=O)N[C@@H](C)C(=O)O)C1. The first-order valence-corrected chi connectivity index (χ1v) is 4.54. The van der Waals surface area contributed by atoms with Crippen molar-refractivity contribution < 1.29 is 14.7 Å². The van der Waals surface area contributed by atoms with Crippen molar-refractivity contribution in [2.45, 2.75) is 32.7 Å². The molecule has 0 aromatic carbocycles. The van der Waals surface area contributed by atoms with Crippen molar-refractivity contribution in [3.05, 3.63) is 0 Å². The second-order valence-electron chi connectivity index (χ2n) is 3.84. The average molecular weight is 185 g/mol. The molecule has 0 saturated heterocycles. The van der Waals surface area contributed by atoms with Crippen LogP contribution in [0.3, 0.4) is 0 Å². The number of nitrogens with one attached hydrogen (secondary N) is 1. The molecule has 74 valence electrons. The van der Waals surface area contributed by atoms with Crippen molar-refractivity contribution in [2.75, 3.05) is 0 Å². The Balaban J connectivity index is 2.29. The van der Waals surface area contributed by atoms with Crippen molar-refractivity contribution in [1.82, 2.24) is 5.32 Å². The van der Waals surface area contributed by atoms with Gasteiger partial charge in [-0.2, -0.15) is 0 Å². The lowest BCUT2D eigenvalue weighted by Crippen LogP contribution is -2.44. The van der Waals surface area contributed by atoms with Gasteiger partial charge in [-0.1, -0.05) is 6.92 Å². The van der Waals surface area contributed by atoms with E-state index in [0.29, 0.717) is 5.92 Å². The van der Waals surface area contributed by atoms with Gasteiger partial charge < -0.3 is 10.4 Å². The Labute approximate surface area is 77.3 Å². The molecule has 0 radical (unpaired) electrons. The highest BCUT2D eigenvalue weighted by molar-refractivity contribution is 5.85. The van der Waals surface area contributed by atoms with Crippen molar-refractivity contribution in [1.29, 1.82) is 0 Å². The Bertz CT molecular complexity index is 221. The van der Waals surface area contributed by atoms with Gasteiger partial charge in [0, 0.05) is 5.92 Å². The topological polar surface area (TPSA) is 66.4 Å². The van der Waals surface area contributed by atoms with Gasteiger partial charge in [0.05, 0.1) is 0 Å². The number of rotatable bonds is 3. The van der Waals surface area contributed by atoms with E-state index in [1.54, 1.807) is 0 Å². The highest BCUT2D eigenvalue weighted by Gasteiger charge is 2.32. The van der Waals surface area contributed by atoms with Gasteiger partial charge in [0.2, 0.25) is 5.91 Å². The zero-order chi connectivity index (χ0) is 10.0. The molecule has 1 aliphatic carbocycles. The Morgan fingerprint density at radius 2 is 2.00 bits per heavy atom. The summed E-state index contributed by atoms with van der Waals surface area (Å²) in [4.78, 5) is 21.7. The number of amides is 1. The third-order valence-corrected chi connectivity index (χ3v) is 2.47. The minimum Gasteiger partial charge on any atom is -0.480 e. The van der Waals surface area contributed by atoms with Crippen molar-refractivity contribution >= 4 is 11.9 Å². The van der Waals surface area contributed by atoms with E-state index in [2.05, 4.69) is 12.2 Å². The lowest BCUT2D eigenvalue weighted by Gasteiger charge is -2.31. The fourth-order valence-electron chi connectivity index (χ4n) is 1.51. The van der Waals surface area contributed by atoms with Crippen LogP contribution in [0.15, 0.2) is 0 Å².